The summed E-state index contributed by atoms with van der Waals surface area (Å²) in [4.78, 5) is 18.1. The Kier molecular flexibility index (Phi) is 3.16. The summed E-state index contributed by atoms with van der Waals surface area (Å²) >= 11 is 0. The zero-order valence-corrected chi connectivity index (χ0v) is 9.45. The number of nitrogen functional groups attached to an aromatic ring is 1. The minimum atomic E-state index is -4.61. The number of imidazole rings is 1. The van der Waals surface area contributed by atoms with Crippen molar-refractivity contribution in [2.24, 2.45) is 0 Å². The molecule has 0 aliphatic carbocycles. The third kappa shape index (κ3) is 2.67. The molecule has 0 atom stereocenters. The lowest BCUT2D eigenvalue weighted by molar-refractivity contribution is -0.136. The number of H-pyrrole nitrogens is 1. The van der Waals surface area contributed by atoms with E-state index in [1.165, 1.54) is 18.5 Å². The van der Waals surface area contributed by atoms with E-state index in [4.69, 9.17) is 5.73 Å². The first-order chi connectivity index (χ1) is 8.89. The van der Waals surface area contributed by atoms with Gasteiger partial charge in [0.05, 0.1) is 16.8 Å². The van der Waals surface area contributed by atoms with E-state index in [-0.39, 0.29) is 11.5 Å². The first kappa shape index (κ1) is 12.9. The van der Waals surface area contributed by atoms with Crippen molar-refractivity contribution in [3.8, 4) is 0 Å². The second-order valence-electron chi connectivity index (χ2n) is 3.66. The van der Waals surface area contributed by atoms with Crippen molar-refractivity contribution in [1.29, 1.82) is 0 Å². The van der Waals surface area contributed by atoms with Gasteiger partial charge in [-0.15, -0.1) is 0 Å². The molecule has 1 heterocycles. The number of aromatic nitrogens is 2. The highest BCUT2D eigenvalue weighted by atomic mass is 19.4. The van der Waals surface area contributed by atoms with Gasteiger partial charge in [-0.1, -0.05) is 6.07 Å². The van der Waals surface area contributed by atoms with E-state index in [1.807, 2.05) is 0 Å². The first-order valence-electron chi connectivity index (χ1n) is 5.16. The van der Waals surface area contributed by atoms with Gasteiger partial charge in [-0.3, -0.25) is 10.1 Å². The Morgan fingerprint density at radius 2 is 2.11 bits per heavy atom. The molecule has 0 spiro atoms. The Labute approximate surface area is 105 Å². The van der Waals surface area contributed by atoms with Gasteiger partial charge in [0.15, 0.2) is 0 Å². The fraction of sp³-hybridized carbons (Fsp3) is 0.0909. The van der Waals surface area contributed by atoms with Gasteiger partial charge in [0.25, 0.3) is 5.91 Å². The average molecular weight is 270 g/mol. The lowest BCUT2D eigenvalue weighted by Crippen LogP contribution is -2.18. The standard InChI is InChI=1S/C11H9F3N4O/c12-11(13,14)7-3-1-2-6(8(7)15)9(19)18-10-16-4-5-17-10/h1-5H,15H2,(H2,16,17,18,19). The molecular formula is C11H9F3N4O. The summed E-state index contributed by atoms with van der Waals surface area (Å²) in [6.07, 6.45) is -1.75. The lowest BCUT2D eigenvalue weighted by Gasteiger charge is -2.12. The van der Waals surface area contributed by atoms with Crippen LogP contribution in [0.3, 0.4) is 0 Å². The Bertz CT molecular complexity index is 592. The number of amides is 1. The highest BCUT2D eigenvalue weighted by molar-refractivity contribution is 6.07. The molecule has 0 aliphatic rings. The van der Waals surface area contributed by atoms with Crippen LogP contribution in [0.5, 0.6) is 0 Å². The number of halogens is 3. The van der Waals surface area contributed by atoms with E-state index in [0.717, 1.165) is 12.1 Å². The van der Waals surface area contributed by atoms with Crippen molar-refractivity contribution in [2.45, 2.75) is 6.18 Å². The lowest BCUT2D eigenvalue weighted by atomic mass is 10.1. The smallest absolute Gasteiger partial charge is 0.398 e. The third-order valence-corrected chi connectivity index (χ3v) is 2.39. The van der Waals surface area contributed by atoms with E-state index in [0.29, 0.717) is 0 Å². The molecule has 1 aromatic heterocycles. The number of nitrogens with one attached hydrogen (secondary N) is 2. The van der Waals surface area contributed by atoms with Gasteiger partial charge >= 0.3 is 6.18 Å². The average Bonchev–Trinajstić information content (AvgIpc) is 2.80. The molecule has 1 aromatic carbocycles. The fourth-order valence-corrected chi connectivity index (χ4v) is 1.52. The number of nitrogens with two attached hydrogens (primary N) is 1. The Morgan fingerprint density at radius 1 is 1.37 bits per heavy atom. The van der Waals surface area contributed by atoms with Gasteiger partial charge in [0.2, 0.25) is 5.95 Å². The summed E-state index contributed by atoms with van der Waals surface area (Å²) in [6, 6.07) is 3.15. The maximum atomic E-state index is 12.6. The van der Waals surface area contributed by atoms with Gasteiger partial charge < -0.3 is 10.7 Å². The van der Waals surface area contributed by atoms with Crippen LogP contribution in [0.25, 0.3) is 0 Å². The van der Waals surface area contributed by atoms with Gasteiger partial charge in [-0.05, 0) is 12.1 Å². The maximum Gasteiger partial charge on any atom is 0.418 e. The summed E-state index contributed by atoms with van der Waals surface area (Å²) in [5, 5.41) is 2.30. The first-order valence-corrected chi connectivity index (χ1v) is 5.16. The summed E-state index contributed by atoms with van der Waals surface area (Å²) in [7, 11) is 0. The molecule has 4 N–H and O–H groups in total. The molecule has 2 aromatic rings. The Hall–Kier alpha value is -2.51. The number of hydrogen-bond donors (Lipinski definition) is 3. The molecule has 0 bridgehead atoms. The highest BCUT2D eigenvalue weighted by Gasteiger charge is 2.34. The van der Waals surface area contributed by atoms with Crippen molar-refractivity contribution in [3.05, 3.63) is 41.7 Å². The minimum absolute atomic E-state index is 0.127. The van der Waals surface area contributed by atoms with Crippen LogP contribution in [0, 0.1) is 0 Å². The number of carbonyl (C=O) groups is 1. The summed E-state index contributed by atoms with van der Waals surface area (Å²) in [5.41, 5.74) is 3.48. The number of benzene rings is 1. The van der Waals surface area contributed by atoms with E-state index in [9.17, 15) is 18.0 Å². The van der Waals surface area contributed by atoms with Crippen molar-refractivity contribution >= 4 is 17.5 Å². The number of aromatic amines is 1. The van der Waals surface area contributed by atoms with E-state index < -0.39 is 23.3 Å². The van der Waals surface area contributed by atoms with Crippen LogP contribution in [0.15, 0.2) is 30.6 Å². The molecule has 5 nitrogen and oxygen atoms in total. The fourth-order valence-electron chi connectivity index (χ4n) is 1.52. The number of carbonyl (C=O) groups excluding carboxylic acids is 1. The van der Waals surface area contributed by atoms with Gasteiger partial charge in [0, 0.05) is 12.4 Å². The SMILES string of the molecule is Nc1c(C(=O)Nc2ncc[nH]2)cccc1C(F)(F)F. The van der Waals surface area contributed by atoms with Gasteiger partial charge in [0.1, 0.15) is 0 Å². The zero-order chi connectivity index (χ0) is 14.0. The van der Waals surface area contributed by atoms with Gasteiger partial charge in [-0.2, -0.15) is 13.2 Å². The molecule has 2 rings (SSSR count). The van der Waals surface area contributed by atoms with Crippen molar-refractivity contribution in [2.75, 3.05) is 11.1 Å². The summed E-state index contributed by atoms with van der Waals surface area (Å²) < 4.78 is 37.9. The second-order valence-corrected chi connectivity index (χ2v) is 3.66. The molecule has 0 saturated heterocycles. The molecule has 1 amide bonds. The molecule has 0 fully saturated rings. The van der Waals surface area contributed by atoms with Crippen LogP contribution in [0.1, 0.15) is 15.9 Å². The Balaban J connectivity index is 2.33. The van der Waals surface area contributed by atoms with E-state index >= 15 is 0 Å². The molecular weight excluding hydrogens is 261 g/mol. The summed E-state index contributed by atoms with van der Waals surface area (Å²) in [5.74, 6) is -0.639. The quantitative estimate of drug-likeness (QED) is 0.732. The predicted octanol–water partition coefficient (Wildman–Crippen LogP) is 2.26. The molecule has 100 valence electrons. The van der Waals surface area contributed by atoms with Crippen molar-refractivity contribution in [3.63, 3.8) is 0 Å². The highest BCUT2D eigenvalue weighted by Crippen LogP contribution is 2.34. The molecule has 0 saturated carbocycles. The normalized spacial score (nSPS) is 11.3. The molecule has 8 heteroatoms. The van der Waals surface area contributed by atoms with Crippen molar-refractivity contribution in [1.82, 2.24) is 9.97 Å². The number of para-hydroxylation sites is 1. The van der Waals surface area contributed by atoms with E-state index in [2.05, 4.69) is 15.3 Å². The molecule has 0 radical (unpaired) electrons. The topological polar surface area (TPSA) is 83.8 Å². The summed E-state index contributed by atoms with van der Waals surface area (Å²) in [6.45, 7) is 0. The van der Waals surface area contributed by atoms with Crippen LogP contribution in [-0.4, -0.2) is 15.9 Å². The Morgan fingerprint density at radius 3 is 2.68 bits per heavy atom. The number of hydrogen-bond acceptors (Lipinski definition) is 3. The molecule has 19 heavy (non-hydrogen) atoms. The predicted molar refractivity (Wildman–Crippen MR) is 62.4 cm³/mol. The number of anilines is 2. The van der Waals surface area contributed by atoms with Crippen LogP contribution in [-0.2, 0) is 6.18 Å². The van der Waals surface area contributed by atoms with Crippen LogP contribution >= 0.6 is 0 Å². The molecule has 0 unspecified atom stereocenters. The van der Waals surface area contributed by atoms with Crippen molar-refractivity contribution < 1.29 is 18.0 Å². The monoisotopic (exact) mass is 270 g/mol. The molecule has 0 aliphatic heterocycles. The van der Waals surface area contributed by atoms with Gasteiger partial charge in [-0.25, -0.2) is 4.98 Å². The van der Waals surface area contributed by atoms with E-state index in [1.54, 1.807) is 0 Å². The number of nitrogens with zero attached hydrogens (tertiary/aromatic N) is 1. The largest absolute Gasteiger partial charge is 0.418 e. The maximum absolute atomic E-state index is 12.6. The van der Waals surface area contributed by atoms with Crippen LogP contribution in [0.2, 0.25) is 0 Å². The minimum Gasteiger partial charge on any atom is -0.398 e. The second kappa shape index (κ2) is 4.63. The third-order valence-electron chi connectivity index (χ3n) is 2.39. The van der Waals surface area contributed by atoms with Crippen LogP contribution in [0.4, 0.5) is 24.8 Å². The number of alkyl halides is 3. The zero-order valence-electron chi connectivity index (χ0n) is 9.45. The van der Waals surface area contributed by atoms with Crippen LogP contribution < -0.4 is 11.1 Å². The number of rotatable bonds is 2.